The Balaban J connectivity index is 1.67. The Bertz CT molecular complexity index is 531. The molecule has 1 N–H and O–H groups in total. The molecule has 0 saturated carbocycles. The lowest BCUT2D eigenvalue weighted by atomic mass is 10.0. The highest BCUT2D eigenvalue weighted by Gasteiger charge is 2.21. The Labute approximate surface area is 130 Å². The number of nitrogens with one attached hydrogen (secondary N) is 1. The number of hydrogen-bond acceptors (Lipinski definition) is 5. The van der Waals surface area contributed by atoms with Gasteiger partial charge in [0.15, 0.2) is 5.76 Å². The van der Waals surface area contributed by atoms with Crippen LogP contribution in [0.3, 0.4) is 0 Å². The van der Waals surface area contributed by atoms with E-state index >= 15 is 0 Å². The van der Waals surface area contributed by atoms with Crippen LogP contribution < -0.4 is 5.32 Å². The van der Waals surface area contributed by atoms with Crippen molar-refractivity contribution < 1.29 is 4.52 Å². The molecule has 1 fully saturated rings. The molecule has 114 valence electrons. The van der Waals surface area contributed by atoms with Crippen LogP contribution in [0.15, 0.2) is 28.1 Å². The third-order valence-electron chi connectivity index (χ3n) is 4.02. The first-order valence-electron chi connectivity index (χ1n) is 7.81. The molecule has 0 aromatic carbocycles. The van der Waals surface area contributed by atoms with E-state index in [1.807, 2.05) is 6.07 Å². The lowest BCUT2D eigenvalue weighted by Gasteiger charge is -2.33. The molecule has 1 aliphatic rings. The molecule has 0 unspecified atom stereocenters. The first-order valence-corrected chi connectivity index (χ1v) is 8.69. The summed E-state index contributed by atoms with van der Waals surface area (Å²) in [6, 6.07) is 6.88. The zero-order chi connectivity index (χ0) is 14.5. The van der Waals surface area contributed by atoms with Crippen LogP contribution in [0.2, 0.25) is 0 Å². The minimum atomic E-state index is 0.674. The van der Waals surface area contributed by atoms with E-state index in [0.29, 0.717) is 6.04 Å². The van der Waals surface area contributed by atoms with Gasteiger partial charge in [-0.1, -0.05) is 18.1 Å². The van der Waals surface area contributed by atoms with E-state index in [2.05, 4.69) is 39.8 Å². The molecule has 0 atom stereocenters. The van der Waals surface area contributed by atoms with Gasteiger partial charge in [0.05, 0.1) is 10.6 Å². The van der Waals surface area contributed by atoms with Gasteiger partial charge in [0.1, 0.15) is 0 Å². The fraction of sp³-hybridized carbons (Fsp3) is 0.562. The summed E-state index contributed by atoms with van der Waals surface area (Å²) in [6.07, 6.45) is 3.64. The Morgan fingerprint density at radius 2 is 2.29 bits per heavy atom. The molecule has 0 radical (unpaired) electrons. The standard InChI is InChI=1S/C16H23N3OS/c1-2-9-19(14-5-7-17-8-6-14)12-13-11-15(20-18-13)16-4-3-10-21-16/h3-4,10-11,14,17H,2,5-9,12H2,1H3. The molecule has 1 saturated heterocycles. The molecule has 5 heteroatoms. The zero-order valence-electron chi connectivity index (χ0n) is 12.5. The second kappa shape index (κ2) is 7.20. The molecular weight excluding hydrogens is 282 g/mol. The average Bonchev–Trinajstić information content (AvgIpc) is 3.19. The van der Waals surface area contributed by atoms with Gasteiger partial charge < -0.3 is 9.84 Å². The summed E-state index contributed by atoms with van der Waals surface area (Å²) < 4.78 is 5.50. The molecule has 0 aliphatic carbocycles. The largest absolute Gasteiger partial charge is 0.355 e. The van der Waals surface area contributed by atoms with E-state index in [0.717, 1.165) is 42.5 Å². The lowest BCUT2D eigenvalue weighted by Crippen LogP contribution is -2.43. The Hall–Kier alpha value is -1.17. The van der Waals surface area contributed by atoms with Gasteiger partial charge in [-0.25, -0.2) is 0 Å². The number of nitrogens with zero attached hydrogens (tertiary/aromatic N) is 2. The molecule has 3 heterocycles. The number of aromatic nitrogens is 1. The van der Waals surface area contributed by atoms with E-state index < -0.39 is 0 Å². The monoisotopic (exact) mass is 305 g/mol. The van der Waals surface area contributed by atoms with Crippen molar-refractivity contribution in [2.75, 3.05) is 19.6 Å². The van der Waals surface area contributed by atoms with Gasteiger partial charge in [0.25, 0.3) is 0 Å². The lowest BCUT2D eigenvalue weighted by molar-refractivity contribution is 0.150. The van der Waals surface area contributed by atoms with Crippen molar-refractivity contribution in [1.82, 2.24) is 15.4 Å². The van der Waals surface area contributed by atoms with Crippen molar-refractivity contribution in [3.05, 3.63) is 29.3 Å². The van der Waals surface area contributed by atoms with Gasteiger partial charge in [0, 0.05) is 18.7 Å². The fourth-order valence-corrected chi connectivity index (χ4v) is 3.65. The van der Waals surface area contributed by atoms with Gasteiger partial charge in [-0.05, 0) is 50.3 Å². The number of piperidine rings is 1. The first kappa shape index (κ1) is 14.8. The Morgan fingerprint density at radius 3 is 3.00 bits per heavy atom. The third kappa shape index (κ3) is 3.73. The zero-order valence-corrected chi connectivity index (χ0v) is 13.4. The van der Waals surface area contributed by atoms with Gasteiger partial charge in [-0.2, -0.15) is 0 Å². The first-order chi connectivity index (χ1) is 10.4. The number of hydrogen-bond donors (Lipinski definition) is 1. The molecule has 21 heavy (non-hydrogen) atoms. The van der Waals surface area contributed by atoms with Gasteiger partial charge in [-0.3, -0.25) is 4.90 Å². The van der Waals surface area contributed by atoms with Crippen LogP contribution in [-0.2, 0) is 6.54 Å². The molecule has 0 amide bonds. The van der Waals surface area contributed by atoms with Gasteiger partial charge in [-0.15, -0.1) is 11.3 Å². The molecule has 2 aromatic heterocycles. The normalized spacial score (nSPS) is 16.7. The predicted octanol–water partition coefficient (Wildman–Crippen LogP) is 3.37. The molecule has 4 nitrogen and oxygen atoms in total. The van der Waals surface area contributed by atoms with Crippen LogP contribution in [-0.4, -0.2) is 35.7 Å². The van der Waals surface area contributed by atoms with Crippen molar-refractivity contribution in [3.8, 4) is 10.6 Å². The summed E-state index contributed by atoms with van der Waals surface area (Å²) in [5.74, 6) is 0.891. The second-order valence-corrected chi connectivity index (χ2v) is 6.56. The smallest absolute Gasteiger partial charge is 0.177 e. The quantitative estimate of drug-likeness (QED) is 0.888. The maximum atomic E-state index is 5.50. The van der Waals surface area contributed by atoms with Crippen molar-refractivity contribution >= 4 is 11.3 Å². The summed E-state index contributed by atoms with van der Waals surface area (Å²) in [6.45, 7) is 6.53. The van der Waals surface area contributed by atoms with E-state index in [1.165, 1.54) is 19.3 Å². The van der Waals surface area contributed by atoms with E-state index in [9.17, 15) is 0 Å². The van der Waals surface area contributed by atoms with Crippen LogP contribution in [0.5, 0.6) is 0 Å². The SMILES string of the molecule is CCCN(Cc1cc(-c2cccs2)on1)C1CCNCC1. The Kier molecular flexibility index (Phi) is 5.06. The van der Waals surface area contributed by atoms with Crippen LogP contribution in [0.25, 0.3) is 10.6 Å². The average molecular weight is 305 g/mol. The minimum absolute atomic E-state index is 0.674. The van der Waals surface area contributed by atoms with Crippen molar-refractivity contribution in [2.24, 2.45) is 0 Å². The minimum Gasteiger partial charge on any atom is -0.355 e. The molecule has 0 spiro atoms. The molecular formula is C16H23N3OS. The molecule has 3 rings (SSSR count). The summed E-state index contributed by atoms with van der Waals surface area (Å²) in [7, 11) is 0. The van der Waals surface area contributed by atoms with E-state index in [1.54, 1.807) is 11.3 Å². The highest BCUT2D eigenvalue weighted by molar-refractivity contribution is 7.13. The van der Waals surface area contributed by atoms with Crippen molar-refractivity contribution in [2.45, 2.75) is 38.8 Å². The van der Waals surface area contributed by atoms with E-state index in [-0.39, 0.29) is 0 Å². The number of thiophene rings is 1. The molecule has 2 aromatic rings. The molecule has 0 bridgehead atoms. The van der Waals surface area contributed by atoms with Gasteiger partial charge in [0.2, 0.25) is 0 Å². The van der Waals surface area contributed by atoms with Crippen LogP contribution in [0.1, 0.15) is 31.9 Å². The molecule has 1 aliphatic heterocycles. The van der Waals surface area contributed by atoms with E-state index in [4.69, 9.17) is 4.52 Å². The Morgan fingerprint density at radius 1 is 1.43 bits per heavy atom. The van der Waals surface area contributed by atoms with Crippen molar-refractivity contribution in [3.63, 3.8) is 0 Å². The summed E-state index contributed by atoms with van der Waals surface area (Å²) >= 11 is 1.69. The van der Waals surface area contributed by atoms with Gasteiger partial charge >= 0.3 is 0 Å². The highest BCUT2D eigenvalue weighted by atomic mass is 32.1. The third-order valence-corrected chi connectivity index (χ3v) is 4.91. The summed E-state index contributed by atoms with van der Waals surface area (Å²) in [5.41, 5.74) is 1.05. The second-order valence-electron chi connectivity index (χ2n) is 5.61. The van der Waals surface area contributed by atoms with Crippen LogP contribution in [0, 0.1) is 0 Å². The summed E-state index contributed by atoms with van der Waals surface area (Å²) in [5, 5.41) is 9.77. The van der Waals surface area contributed by atoms with Crippen molar-refractivity contribution in [1.29, 1.82) is 0 Å². The maximum Gasteiger partial charge on any atom is 0.177 e. The maximum absolute atomic E-state index is 5.50. The van der Waals surface area contributed by atoms with Crippen LogP contribution in [0.4, 0.5) is 0 Å². The number of rotatable bonds is 6. The topological polar surface area (TPSA) is 41.3 Å². The highest BCUT2D eigenvalue weighted by Crippen LogP contribution is 2.26. The predicted molar refractivity (Wildman–Crippen MR) is 86.4 cm³/mol. The summed E-state index contributed by atoms with van der Waals surface area (Å²) in [4.78, 5) is 3.72. The fourth-order valence-electron chi connectivity index (χ4n) is 2.98. The van der Waals surface area contributed by atoms with Crippen LogP contribution >= 0.6 is 11.3 Å².